The quantitative estimate of drug-likeness (QED) is 0.747. The van der Waals surface area contributed by atoms with E-state index in [9.17, 15) is 4.79 Å². The van der Waals surface area contributed by atoms with Gasteiger partial charge in [-0.3, -0.25) is 4.79 Å². The van der Waals surface area contributed by atoms with Crippen LogP contribution >= 0.6 is 0 Å². The van der Waals surface area contributed by atoms with E-state index in [4.69, 9.17) is 4.74 Å². The van der Waals surface area contributed by atoms with Crippen LogP contribution in [-0.2, 0) is 4.74 Å². The molecule has 1 atom stereocenters. The maximum Gasteiger partial charge on any atom is 0.255 e. The number of amides is 1. The molecule has 1 amide bonds. The number of ether oxygens (including phenoxy) is 1. The van der Waals surface area contributed by atoms with Gasteiger partial charge >= 0.3 is 0 Å². The van der Waals surface area contributed by atoms with E-state index in [1.807, 2.05) is 42.6 Å². The molecule has 0 spiro atoms. The molecule has 0 radical (unpaired) electrons. The van der Waals surface area contributed by atoms with Gasteiger partial charge in [-0.1, -0.05) is 0 Å². The molecule has 0 saturated carbocycles. The molecule has 2 heterocycles. The molecule has 1 aliphatic rings. The zero-order valence-corrected chi connectivity index (χ0v) is 14.9. The molecule has 1 fully saturated rings. The molecule has 1 unspecified atom stereocenters. The molecule has 1 aliphatic heterocycles. The summed E-state index contributed by atoms with van der Waals surface area (Å²) in [7, 11) is 1.78. The highest BCUT2D eigenvalue weighted by Crippen LogP contribution is 2.23. The van der Waals surface area contributed by atoms with Gasteiger partial charge in [-0.15, -0.1) is 0 Å². The largest absolute Gasteiger partial charge is 0.380 e. The molecule has 0 aliphatic carbocycles. The maximum absolute atomic E-state index is 12.5. The Morgan fingerprint density at radius 2 is 2.04 bits per heavy atom. The number of rotatable bonds is 4. The number of carbonyl (C=O) groups excluding carboxylic acids is 1. The Labute approximate surface area is 153 Å². The van der Waals surface area contributed by atoms with E-state index in [1.165, 1.54) is 5.69 Å². The van der Waals surface area contributed by atoms with Crippen molar-refractivity contribution in [1.82, 2.24) is 4.98 Å². The van der Waals surface area contributed by atoms with Crippen LogP contribution in [0.15, 0.2) is 54.7 Å². The summed E-state index contributed by atoms with van der Waals surface area (Å²) in [6.07, 6.45) is 4.43. The van der Waals surface area contributed by atoms with Crippen LogP contribution in [0.1, 0.15) is 23.2 Å². The third kappa shape index (κ3) is 3.44. The minimum Gasteiger partial charge on any atom is -0.380 e. The van der Waals surface area contributed by atoms with Crippen LogP contribution in [0.5, 0.6) is 0 Å². The number of hydrogen-bond acceptors (Lipinski definition) is 3. The lowest BCUT2D eigenvalue weighted by Gasteiger charge is -2.33. The number of H-pyrrole nitrogens is 1. The van der Waals surface area contributed by atoms with E-state index in [1.54, 1.807) is 7.11 Å². The summed E-state index contributed by atoms with van der Waals surface area (Å²) in [6.45, 7) is 1.96. The van der Waals surface area contributed by atoms with E-state index in [2.05, 4.69) is 27.3 Å². The molecule has 0 bridgehead atoms. The SMILES string of the molecule is COC1CCCN(c2ccc(NC(=O)c3ccc4[nH]ccc4c3)cc2)C1. The van der Waals surface area contributed by atoms with E-state index in [0.717, 1.165) is 42.5 Å². The second kappa shape index (κ2) is 7.22. The molecular weight excluding hydrogens is 326 g/mol. The van der Waals surface area contributed by atoms with Gasteiger partial charge in [-0.2, -0.15) is 0 Å². The van der Waals surface area contributed by atoms with Crippen molar-refractivity contribution in [1.29, 1.82) is 0 Å². The summed E-state index contributed by atoms with van der Waals surface area (Å²) in [5, 5.41) is 4.01. The van der Waals surface area contributed by atoms with Crippen LogP contribution in [0.3, 0.4) is 0 Å². The molecule has 134 valence electrons. The predicted molar refractivity (Wildman–Crippen MR) is 105 cm³/mol. The Kier molecular flexibility index (Phi) is 4.63. The molecule has 1 saturated heterocycles. The van der Waals surface area contributed by atoms with Gasteiger partial charge < -0.3 is 19.9 Å². The van der Waals surface area contributed by atoms with Gasteiger partial charge in [0.2, 0.25) is 0 Å². The Morgan fingerprint density at radius 3 is 2.85 bits per heavy atom. The fourth-order valence-corrected chi connectivity index (χ4v) is 3.52. The Balaban J connectivity index is 1.44. The molecule has 1 aromatic heterocycles. The molecule has 2 aromatic carbocycles. The van der Waals surface area contributed by atoms with Crippen molar-refractivity contribution < 1.29 is 9.53 Å². The molecule has 5 heteroatoms. The molecule has 2 N–H and O–H groups in total. The van der Waals surface area contributed by atoms with Crippen LogP contribution in [0, 0.1) is 0 Å². The molecule has 3 aromatic rings. The summed E-state index contributed by atoms with van der Waals surface area (Å²) < 4.78 is 5.49. The first-order valence-electron chi connectivity index (χ1n) is 8.99. The average Bonchev–Trinajstić information content (AvgIpc) is 3.16. The number of nitrogens with one attached hydrogen (secondary N) is 2. The lowest BCUT2D eigenvalue weighted by atomic mass is 10.1. The summed E-state index contributed by atoms with van der Waals surface area (Å²) >= 11 is 0. The highest BCUT2D eigenvalue weighted by Gasteiger charge is 2.19. The number of fused-ring (bicyclic) bond motifs is 1. The number of nitrogens with zero attached hydrogens (tertiary/aromatic N) is 1. The van der Waals surface area contributed by atoms with Crippen molar-refractivity contribution in [3.63, 3.8) is 0 Å². The average molecular weight is 349 g/mol. The van der Waals surface area contributed by atoms with Crippen molar-refractivity contribution in [2.45, 2.75) is 18.9 Å². The highest BCUT2D eigenvalue weighted by atomic mass is 16.5. The van der Waals surface area contributed by atoms with Crippen LogP contribution in [0.4, 0.5) is 11.4 Å². The molecule has 5 nitrogen and oxygen atoms in total. The van der Waals surface area contributed by atoms with Gasteiger partial charge in [0.05, 0.1) is 6.10 Å². The van der Waals surface area contributed by atoms with Gasteiger partial charge in [0, 0.05) is 54.2 Å². The standard InChI is InChI=1S/C21H23N3O2/c1-26-19-3-2-12-24(14-19)18-7-5-17(6-8-18)23-21(25)16-4-9-20-15(13-16)10-11-22-20/h4-11,13,19,22H,2-3,12,14H2,1H3,(H,23,25). The van der Waals surface area contributed by atoms with E-state index in [-0.39, 0.29) is 5.91 Å². The number of aromatic nitrogens is 1. The first-order chi connectivity index (χ1) is 12.7. The van der Waals surface area contributed by atoms with E-state index >= 15 is 0 Å². The lowest BCUT2D eigenvalue weighted by molar-refractivity contribution is 0.0893. The number of hydrogen-bond donors (Lipinski definition) is 2. The second-order valence-electron chi connectivity index (χ2n) is 6.73. The minimum absolute atomic E-state index is 0.0988. The summed E-state index contributed by atoms with van der Waals surface area (Å²) in [6, 6.07) is 15.7. The van der Waals surface area contributed by atoms with Gasteiger partial charge in [0.25, 0.3) is 5.91 Å². The van der Waals surface area contributed by atoms with E-state index < -0.39 is 0 Å². The molecule has 4 rings (SSSR count). The van der Waals surface area contributed by atoms with Gasteiger partial charge in [-0.05, 0) is 61.4 Å². The van der Waals surface area contributed by atoms with Crippen LogP contribution in [0.2, 0.25) is 0 Å². The van der Waals surface area contributed by atoms with Crippen molar-refractivity contribution in [2.24, 2.45) is 0 Å². The van der Waals surface area contributed by atoms with Crippen molar-refractivity contribution in [3.8, 4) is 0 Å². The smallest absolute Gasteiger partial charge is 0.255 e. The Morgan fingerprint density at radius 1 is 1.19 bits per heavy atom. The highest BCUT2D eigenvalue weighted by molar-refractivity contribution is 6.06. The summed E-state index contributed by atoms with van der Waals surface area (Å²) in [5.74, 6) is -0.0988. The number of carbonyl (C=O) groups is 1. The number of anilines is 2. The third-order valence-corrected chi connectivity index (χ3v) is 5.02. The van der Waals surface area contributed by atoms with E-state index in [0.29, 0.717) is 11.7 Å². The topological polar surface area (TPSA) is 57.4 Å². The normalized spacial score (nSPS) is 17.4. The Bertz CT molecular complexity index is 901. The van der Waals surface area contributed by atoms with Crippen molar-refractivity contribution in [2.75, 3.05) is 30.4 Å². The summed E-state index contributed by atoms with van der Waals surface area (Å²) in [5.41, 5.74) is 3.65. The fourth-order valence-electron chi connectivity index (χ4n) is 3.52. The number of aromatic amines is 1. The lowest BCUT2D eigenvalue weighted by Crippen LogP contribution is -2.39. The van der Waals surface area contributed by atoms with Crippen LogP contribution in [0.25, 0.3) is 10.9 Å². The molecule has 26 heavy (non-hydrogen) atoms. The monoisotopic (exact) mass is 349 g/mol. The van der Waals surface area contributed by atoms with Gasteiger partial charge in [0.1, 0.15) is 0 Å². The first-order valence-corrected chi connectivity index (χ1v) is 8.99. The zero-order valence-electron chi connectivity index (χ0n) is 14.9. The predicted octanol–water partition coefficient (Wildman–Crippen LogP) is 4.04. The molecular formula is C21H23N3O2. The number of benzene rings is 2. The Hall–Kier alpha value is -2.79. The van der Waals surface area contributed by atoms with Gasteiger partial charge in [-0.25, -0.2) is 0 Å². The zero-order chi connectivity index (χ0) is 17.9. The van der Waals surface area contributed by atoms with Crippen LogP contribution in [-0.4, -0.2) is 37.2 Å². The fraction of sp³-hybridized carbons (Fsp3) is 0.286. The van der Waals surface area contributed by atoms with Crippen LogP contribution < -0.4 is 10.2 Å². The summed E-state index contributed by atoms with van der Waals surface area (Å²) in [4.78, 5) is 18.0. The third-order valence-electron chi connectivity index (χ3n) is 5.02. The second-order valence-corrected chi connectivity index (χ2v) is 6.73. The first kappa shape index (κ1) is 16.7. The maximum atomic E-state index is 12.5. The van der Waals surface area contributed by atoms with Crippen molar-refractivity contribution in [3.05, 3.63) is 60.3 Å². The minimum atomic E-state index is -0.0988. The number of methoxy groups -OCH3 is 1. The van der Waals surface area contributed by atoms with Gasteiger partial charge in [0.15, 0.2) is 0 Å². The number of piperidine rings is 1. The van der Waals surface area contributed by atoms with Crippen molar-refractivity contribution >= 4 is 28.2 Å².